The van der Waals surface area contributed by atoms with Crippen molar-refractivity contribution in [3.8, 4) is 0 Å². The fraction of sp³-hybridized carbons (Fsp3) is 0.0714. The predicted octanol–water partition coefficient (Wildman–Crippen LogP) is 4.44. The summed E-state index contributed by atoms with van der Waals surface area (Å²) in [5.74, 6) is -0.836. The summed E-state index contributed by atoms with van der Waals surface area (Å²) in [7, 11) is 0. The first-order chi connectivity index (χ1) is 8.99. The Labute approximate surface area is 124 Å². The lowest BCUT2D eigenvalue weighted by Gasteiger charge is -2.10. The Balaban J connectivity index is 2.31. The van der Waals surface area contributed by atoms with Gasteiger partial charge in [-0.15, -0.1) is 12.6 Å². The standard InChI is InChI=1S/C14H11BrFNOS/c1-8-3-2-4-11(16)13(8)17-14(18)10-6-5-9(15)7-12(10)19/h2-7,19H,1H3,(H,17,18). The van der Waals surface area contributed by atoms with Crippen LogP contribution in [0.5, 0.6) is 0 Å². The van der Waals surface area contributed by atoms with Gasteiger partial charge < -0.3 is 5.32 Å². The summed E-state index contributed by atoms with van der Waals surface area (Å²) in [5.41, 5.74) is 1.27. The predicted molar refractivity (Wildman–Crippen MR) is 80.5 cm³/mol. The average molecular weight is 340 g/mol. The third-order valence-electron chi connectivity index (χ3n) is 2.66. The van der Waals surface area contributed by atoms with Crippen LogP contribution in [0.3, 0.4) is 0 Å². The van der Waals surface area contributed by atoms with Crippen molar-refractivity contribution >= 4 is 40.2 Å². The minimum atomic E-state index is -0.453. The molecule has 2 nitrogen and oxygen atoms in total. The molecular weight excluding hydrogens is 329 g/mol. The third-order valence-corrected chi connectivity index (χ3v) is 3.53. The number of rotatable bonds is 2. The molecule has 5 heteroatoms. The van der Waals surface area contributed by atoms with Crippen LogP contribution in [-0.2, 0) is 0 Å². The Morgan fingerprint density at radius 2 is 2.05 bits per heavy atom. The second-order valence-corrected chi connectivity index (χ2v) is 5.44. The first kappa shape index (κ1) is 14.1. The Bertz CT molecular complexity index is 625. The molecule has 0 saturated heterocycles. The average Bonchev–Trinajstić information content (AvgIpc) is 2.33. The number of amides is 1. The van der Waals surface area contributed by atoms with Crippen LogP contribution in [0.1, 0.15) is 15.9 Å². The molecule has 0 fully saturated rings. The topological polar surface area (TPSA) is 29.1 Å². The van der Waals surface area contributed by atoms with Gasteiger partial charge in [-0.1, -0.05) is 28.1 Å². The summed E-state index contributed by atoms with van der Waals surface area (Å²) in [6.07, 6.45) is 0. The molecule has 2 aromatic carbocycles. The smallest absolute Gasteiger partial charge is 0.256 e. The Hall–Kier alpha value is -1.33. The zero-order valence-corrected chi connectivity index (χ0v) is 12.6. The number of carbonyl (C=O) groups excluding carboxylic acids is 1. The van der Waals surface area contributed by atoms with Gasteiger partial charge in [-0.2, -0.15) is 0 Å². The van der Waals surface area contributed by atoms with E-state index in [-0.39, 0.29) is 11.6 Å². The molecule has 0 aliphatic rings. The highest BCUT2D eigenvalue weighted by Gasteiger charge is 2.13. The van der Waals surface area contributed by atoms with E-state index >= 15 is 0 Å². The fourth-order valence-electron chi connectivity index (χ4n) is 1.67. The monoisotopic (exact) mass is 339 g/mol. The van der Waals surface area contributed by atoms with Crippen molar-refractivity contribution < 1.29 is 9.18 Å². The van der Waals surface area contributed by atoms with E-state index in [2.05, 4.69) is 33.9 Å². The van der Waals surface area contributed by atoms with Crippen LogP contribution in [0.25, 0.3) is 0 Å². The van der Waals surface area contributed by atoms with Gasteiger partial charge in [-0.25, -0.2) is 4.39 Å². The number of benzene rings is 2. The molecule has 0 unspecified atom stereocenters. The molecule has 0 spiro atoms. The Kier molecular flexibility index (Phi) is 4.27. The highest BCUT2D eigenvalue weighted by molar-refractivity contribution is 9.10. The van der Waals surface area contributed by atoms with Gasteiger partial charge in [0.2, 0.25) is 0 Å². The van der Waals surface area contributed by atoms with Crippen molar-refractivity contribution in [2.75, 3.05) is 5.32 Å². The van der Waals surface area contributed by atoms with Crippen LogP contribution in [0, 0.1) is 12.7 Å². The molecule has 0 atom stereocenters. The number of thiol groups is 1. The lowest BCUT2D eigenvalue weighted by molar-refractivity contribution is 0.102. The van der Waals surface area contributed by atoms with Crippen molar-refractivity contribution in [2.45, 2.75) is 11.8 Å². The Morgan fingerprint density at radius 3 is 2.68 bits per heavy atom. The van der Waals surface area contributed by atoms with Crippen LogP contribution in [-0.4, -0.2) is 5.91 Å². The van der Waals surface area contributed by atoms with Gasteiger partial charge >= 0.3 is 0 Å². The molecule has 19 heavy (non-hydrogen) atoms. The van der Waals surface area contributed by atoms with Gasteiger partial charge in [0.05, 0.1) is 11.3 Å². The molecule has 2 rings (SSSR count). The van der Waals surface area contributed by atoms with Crippen LogP contribution < -0.4 is 5.32 Å². The maximum atomic E-state index is 13.6. The van der Waals surface area contributed by atoms with E-state index in [1.807, 2.05) is 0 Å². The van der Waals surface area contributed by atoms with E-state index in [0.29, 0.717) is 16.0 Å². The molecule has 0 aromatic heterocycles. The zero-order chi connectivity index (χ0) is 14.0. The van der Waals surface area contributed by atoms with Crippen molar-refractivity contribution in [1.29, 1.82) is 0 Å². The van der Waals surface area contributed by atoms with E-state index in [0.717, 1.165) is 4.47 Å². The number of carbonyl (C=O) groups is 1. The SMILES string of the molecule is Cc1cccc(F)c1NC(=O)c1ccc(Br)cc1S. The summed E-state index contributed by atoms with van der Waals surface area (Å²) >= 11 is 7.54. The normalized spacial score (nSPS) is 10.3. The molecule has 0 bridgehead atoms. The van der Waals surface area contributed by atoms with Crippen LogP contribution in [0.4, 0.5) is 10.1 Å². The summed E-state index contributed by atoms with van der Waals surface area (Å²) in [4.78, 5) is 12.6. The molecule has 0 radical (unpaired) electrons. The van der Waals surface area contributed by atoms with E-state index in [9.17, 15) is 9.18 Å². The van der Waals surface area contributed by atoms with Crippen molar-refractivity contribution in [2.24, 2.45) is 0 Å². The zero-order valence-electron chi connectivity index (χ0n) is 10.1. The van der Waals surface area contributed by atoms with E-state index < -0.39 is 5.82 Å². The molecule has 98 valence electrons. The van der Waals surface area contributed by atoms with Crippen molar-refractivity contribution in [1.82, 2.24) is 0 Å². The van der Waals surface area contributed by atoms with E-state index in [1.54, 1.807) is 37.3 Å². The largest absolute Gasteiger partial charge is 0.319 e. The lowest BCUT2D eigenvalue weighted by atomic mass is 10.1. The quantitative estimate of drug-likeness (QED) is 0.778. The highest BCUT2D eigenvalue weighted by Crippen LogP contribution is 2.23. The maximum absolute atomic E-state index is 13.6. The number of para-hydroxylation sites is 1. The summed E-state index contributed by atoms with van der Waals surface area (Å²) in [6, 6.07) is 9.74. The Morgan fingerprint density at radius 1 is 1.32 bits per heavy atom. The number of hydrogen-bond donors (Lipinski definition) is 2. The highest BCUT2D eigenvalue weighted by atomic mass is 79.9. The molecule has 2 aromatic rings. The van der Waals surface area contributed by atoms with Crippen LogP contribution >= 0.6 is 28.6 Å². The van der Waals surface area contributed by atoms with Crippen LogP contribution in [0.15, 0.2) is 45.8 Å². The fourth-order valence-corrected chi connectivity index (χ4v) is 2.52. The number of hydrogen-bond acceptors (Lipinski definition) is 2. The first-order valence-electron chi connectivity index (χ1n) is 5.54. The van der Waals surface area contributed by atoms with Gasteiger partial charge in [0, 0.05) is 9.37 Å². The first-order valence-corrected chi connectivity index (χ1v) is 6.78. The van der Waals surface area contributed by atoms with Crippen molar-refractivity contribution in [3.05, 3.63) is 57.8 Å². The molecule has 0 aliphatic carbocycles. The summed E-state index contributed by atoms with van der Waals surface area (Å²) in [6.45, 7) is 1.74. The van der Waals surface area contributed by atoms with Gasteiger partial charge in [-0.3, -0.25) is 4.79 Å². The molecule has 0 saturated carbocycles. The molecule has 1 amide bonds. The second-order valence-electron chi connectivity index (χ2n) is 4.05. The lowest BCUT2D eigenvalue weighted by Crippen LogP contribution is -2.14. The van der Waals surface area contributed by atoms with E-state index in [4.69, 9.17) is 0 Å². The second kappa shape index (κ2) is 5.75. The van der Waals surface area contributed by atoms with Gasteiger partial charge in [0.1, 0.15) is 5.82 Å². The summed E-state index contributed by atoms with van der Waals surface area (Å²) in [5, 5.41) is 2.58. The van der Waals surface area contributed by atoms with Crippen LogP contribution in [0.2, 0.25) is 0 Å². The number of anilines is 1. The maximum Gasteiger partial charge on any atom is 0.256 e. The molecule has 0 heterocycles. The van der Waals surface area contributed by atoms with E-state index in [1.165, 1.54) is 6.07 Å². The number of aryl methyl sites for hydroxylation is 1. The van der Waals surface area contributed by atoms with Gasteiger partial charge in [-0.05, 0) is 36.8 Å². The molecule has 0 aliphatic heterocycles. The number of halogens is 2. The minimum Gasteiger partial charge on any atom is -0.319 e. The van der Waals surface area contributed by atoms with Gasteiger partial charge in [0.25, 0.3) is 5.91 Å². The molecular formula is C14H11BrFNOS. The van der Waals surface area contributed by atoms with Crippen molar-refractivity contribution in [3.63, 3.8) is 0 Å². The third kappa shape index (κ3) is 3.16. The summed E-state index contributed by atoms with van der Waals surface area (Å²) < 4.78 is 14.5. The minimum absolute atomic E-state index is 0.197. The van der Waals surface area contributed by atoms with Gasteiger partial charge in [0.15, 0.2) is 0 Å². The molecule has 1 N–H and O–H groups in total. The number of nitrogens with one attached hydrogen (secondary N) is 1.